The molecule has 1 nitrogen and oxygen atoms in total. The van der Waals surface area contributed by atoms with Crippen molar-refractivity contribution in [2.45, 2.75) is 31.6 Å². The summed E-state index contributed by atoms with van der Waals surface area (Å²) in [6, 6.07) is 8.89. The Morgan fingerprint density at radius 2 is 1.93 bits per heavy atom. The molecule has 2 rings (SSSR count). The number of hydrogen-bond acceptors (Lipinski definition) is 2. The SMILES string of the molecule is Cc1ccc(C2(CN[S-])CCC2)cc1. The second-order valence-corrected chi connectivity index (χ2v) is 4.61. The van der Waals surface area contributed by atoms with E-state index in [2.05, 4.69) is 35.9 Å². The summed E-state index contributed by atoms with van der Waals surface area (Å²) in [6.07, 6.45) is 3.89. The van der Waals surface area contributed by atoms with E-state index in [4.69, 9.17) is 12.8 Å². The van der Waals surface area contributed by atoms with Crippen LogP contribution in [0.1, 0.15) is 30.4 Å². The summed E-state index contributed by atoms with van der Waals surface area (Å²) >= 11 is 4.88. The molecular weight excluding hydrogens is 190 g/mol. The van der Waals surface area contributed by atoms with Crippen LogP contribution in [0.3, 0.4) is 0 Å². The molecule has 0 saturated heterocycles. The van der Waals surface area contributed by atoms with Crippen molar-refractivity contribution in [1.29, 1.82) is 0 Å². The van der Waals surface area contributed by atoms with Crippen LogP contribution in [-0.4, -0.2) is 6.54 Å². The molecule has 0 atom stereocenters. The summed E-state index contributed by atoms with van der Waals surface area (Å²) in [5.41, 5.74) is 3.12. The Balaban J connectivity index is 2.23. The summed E-state index contributed by atoms with van der Waals surface area (Å²) in [5, 5.41) is 0. The molecule has 1 aromatic rings. The predicted octanol–water partition coefficient (Wildman–Crippen LogP) is 2.47. The van der Waals surface area contributed by atoms with Gasteiger partial charge in [-0.05, 0) is 31.9 Å². The van der Waals surface area contributed by atoms with E-state index in [1.165, 1.54) is 30.4 Å². The summed E-state index contributed by atoms with van der Waals surface area (Å²) < 4.78 is 2.91. The third kappa shape index (κ3) is 1.69. The van der Waals surface area contributed by atoms with E-state index in [1.54, 1.807) is 0 Å². The number of benzene rings is 1. The van der Waals surface area contributed by atoms with E-state index in [9.17, 15) is 0 Å². The lowest BCUT2D eigenvalue weighted by Gasteiger charge is -2.44. The van der Waals surface area contributed by atoms with E-state index in [0.29, 0.717) is 5.41 Å². The summed E-state index contributed by atoms with van der Waals surface area (Å²) in [5.74, 6) is 0. The number of rotatable bonds is 3. The van der Waals surface area contributed by atoms with Gasteiger partial charge in [-0.25, -0.2) is 0 Å². The molecule has 1 aromatic carbocycles. The molecule has 1 aliphatic carbocycles. The highest BCUT2D eigenvalue weighted by Gasteiger charge is 2.36. The molecule has 2 heteroatoms. The standard InChI is InChI=1S/C12H16NS/c1-10-3-5-11(6-4-10)12(9-13-14)7-2-8-12/h3-6,13H,2,7-9H2,1H3/q-1. The number of aryl methyl sites for hydroxylation is 1. The topological polar surface area (TPSA) is 12.0 Å². The van der Waals surface area contributed by atoms with Gasteiger partial charge in [-0.1, -0.05) is 36.2 Å². The van der Waals surface area contributed by atoms with Crippen LogP contribution >= 0.6 is 0 Å². The Hall–Kier alpha value is -0.470. The maximum atomic E-state index is 4.88. The van der Waals surface area contributed by atoms with Gasteiger partial charge < -0.3 is 17.5 Å². The minimum Gasteiger partial charge on any atom is -0.705 e. The van der Waals surface area contributed by atoms with Gasteiger partial charge in [0.1, 0.15) is 0 Å². The van der Waals surface area contributed by atoms with Crippen LogP contribution in [-0.2, 0) is 18.2 Å². The maximum absolute atomic E-state index is 4.88. The second-order valence-electron chi connectivity index (χ2n) is 4.32. The van der Waals surface area contributed by atoms with Gasteiger partial charge in [0.25, 0.3) is 0 Å². The first-order valence-electron chi connectivity index (χ1n) is 5.19. The normalized spacial score (nSPS) is 19.0. The Morgan fingerprint density at radius 1 is 1.29 bits per heavy atom. The minimum absolute atomic E-state index is 0.343. The predicted molar refractivity (Wildman–Crippen MR) is 62.1 cm³/mol. The van der Waals surface area contributed by atoms with E-state index < -0.39 is 0 Å². The highest BCUT2D eigenvalue weighted by Crippen LogP contribution is 2.43. The molecule has 0 heterocycles. The lowest BCUT2D eigenvalue weighted by atomic mass is 9.64. The largest absolute Gasteiger partial charge is 0.705 e. The van der Waals surface area contributed by atoms with Crippen molar-refractivity contribution in [2.75, 3.05) is 6.54 Å². The molecule has 1 fully saturated rings. The van der Waals surface area contributed by atoms with E-state index in [1.807, 2.05) is 0 Å². The fourth-order valence-electron chi connectivity index (χ4n) is 2.22. The molecule has 0 bridgehead atoms. The summed E-state index contributed by atoms with van der Waals surface area (Å²) in [6.45, 7) is 3.06. The van der Waals surface area contributed by atoms with Gasteiger partial charge in [0.15, 0.2) is 0 Å². The minimum atomic E-state index is 0.343. The van der Waals surface area contributed by atoms with Gasteiger partial charge in [-0.2, -0.15) is 0 Å². The van der Waals surface area contributed by atoms with Gasteiger partial charge in [0.05, 0.1) is 0 Å². The molecule has 0 amide bonds. The Morgan fingerprint density at radius 3 is 2.36 bits per heavy atom. The van der Waals surface area contributed by atoms with Gasteiger partial charge in [-0.3, -0.25) is 0 Å². The fourth-order valence-corrected chi connectivity index (χ4v) is 2.49. The zero-order valence-corrected chi connectivity index (χ0v) is 9.36. The highest BCUT2D eigenvalue weighted by molar-refractivity contribution is 7.56. The van der Waals surface area contributed by atoms with Crippen LogP contribution < -0.4 is 4.72 Å². The zero-order valence-electron chi connectivity index (χ0n) is 8.55. The fraction of sp³-hybridized carbons (Fsp3) is 0.500. The van der Waals surface area contributed by atoms with Crippen LogP contribution in [0, 0.1) is 6.92 Å². The van der Waals surface area contributed by atoms with Crippen molar-refractivity contribution in [1.82, 2.24) is 4.72 Å². The Bertz CT molecular complexity index is 301. The van der Waals surface area contributed by atoms with Crippen molar-refractivity contribution in [3.05, 3.63) is 35.4 Å². The van der Waals surface area contributed by atoms with Crippen molar-refractivity contribution < 1.29 is 0 Å². The monoisotopic (exact) mass is 206 g/mol. The molecule has 1 aliphatic rings. The van der Waals surface area contributed by atoms with Gasteiger partial charge in [-0.15, -0.1) is 0 Å². The van der Waals surface area contributed by atoms with Gasteiger partial charge in [0.2, 0.25) is 0 Å². The summed E-state index contributed by atoms with van der Waals surface area (Å²) in [4.78, 5) is 0. The lowest BCUT2D eigenvalue weighted by molar-refractivity contribution is 0.247. The van der Waals surface area contributed by atoms with Crippen molar-refractivity contribution in [2.24, 2.45) is 0 Å². The van der Waals surface area contributed by atoms with Crippen LogP contribution in [0.5, 0.6) is 0 Å². The molecule has 14 heavy (non-hydrogen) atoms. The molecular formula is C12H16NS-. The Labute approximate surface area is 91.5 Å². The molecule has 0 aromatic heterocycles. The van der Waals surface area contributed by atoms with Crippen molar-refractivity contribution in [3.8, 4) is 0 Å². The zero-order chi connectivity index (χ0) is 10.0. The third-order valence-electron chi connectivity index (χ3n) is 3.39. The van der Waals surface area contributed by atoms with E-state index >= 15 is 0 Å². The maximum Gasteiger partial charge on any atom is 0.00609 e. The first-order chi connectivity index (χ1) is 6.77. The quantitative estimate of drug-likeness (QED) is 0.763. The van der Waals surface area contributed by atoms with Gasteiger partial charge >= 0.3 is 0 Å². The van der Waals surface area contributed by atoms with Crippen LogP contribution in [0.2, 0.25) is 0 Å². The number of nitrogens with one attached hydrogen (secondary N) is 1. The third-order valence-corrected chi connectivity index (χ3v) is 3.53. The molecule has 0 radical (unpaired) electrons. The molecule has 0 aliphatic heterocycles. The van der Waals surface area contributed by atoms with Crippen molar-refractivity contribution >= 4 is 12.8 Å². The first kappa shape index (κ1) is 10.1. The smallest absolute Gasteiger partial charge is 0.00609 e. The van der Waals surface area contributed by atoms with Crippen LogP contribution in [0.15, 0.2) is 24.3 Å². The average molecular weight is 206 g/mol. The Kier molecular flexibility index (Phi) is 2.84. The lowest BCUT2D eigenvalue weighted by Crippen LogP contribution is -2.42. The first-order valence-corrected chi connectivity index (χ1v) is 5.60. The molecule has 0 spiro atoms. The number of hydrogen-bond donors (Lipinski definition) is 1. The second kappa shape index (κ2) is 3.95. The van der Waals surface area contributed by atoms with Crippen molar-refractivity contribution in [3.63, 3.8) is 0 Å². The highest BCUT2D eigenvalue weighted by atomic mass is 32.1. The van der Waals surface area contributed by atoms with E-state index in [0.717, 1.165) is 6.54 Å². The van der Waals surface area contributed by atoms with Gasteiger partial charge in [0, 0.05) is 5.41 Å². The van der Waals surface area contributed by atoms with Crippen LogP contribution in [0.25, 0.3) is 0 Å². The average Bonchev–Trinajstić information content (AvgIpc) is 2.13. The molecule has 1 saturated carbocycles. The van der Waals surface area contributed by atoms with Crippen LogP contribution in [0.4, 0.5) is 0 Å². The summed E-state index contributed by atoms with van der Waals surface area (Å²) in [7, 11) is 0. The molecule has 0 unspecified atom stereocenters. The molecule has 1 N–H and O–H groups in total. The van der Waals surface area contributed by atoms with E-state index in [-0.39, 0.29) is 0 Å². The molecule has 76 valence electrons.